The van der Waals surface area contributed by atoms with E-state index < -0.39 is 10.0 Å². The van der Waals surface area contributed by atoms with Crippen LogP contribution in [0.15, 0.2) is 23.1 Å². The molecule has 26 heavy (non-hydrogen) atoms. The van der Waals surface area contributed by atoms with Crippen molar-refractivity contribution in [2.75, 3.05) is 52.2 Å². The number of likely N-dealkylation sites (N-methyl/N-ethyl adjacent to an activating group) is 2. The molecule has 0 bridgehead atoms. The van der Waals surface area contributed by atoms with Gasteiger partial charge in [0.2, 0.25) is 21.8 Å². The Morgan fingerprint density at radius 2 is 1.92 bits per heavy atom. The molecule has 0 unspecified atom stereocenters. The summed E-state index contributed by atoms with van der Waals surface area (Å²) >= 11 is 0. The molecule has 1 N–H and O–H groups in total. The zero-order chi connectivity index (χ0) is 19.5. The smallest absolute Gasteiger partial charge is 0.240 e. The van der Waals surface area contributed by atoms with Crippen molar-refractivity contribution in [3.8, 4) is 0 Å². The van der Waals surface area contributed by atoms with Gasteiger partial charge in [-0.3, -0.25) is 9.59 Å². The number of rotatable bonds is 8. The van der Waals surface area contributed by atoms with E-state index in [1.54, 1.807) is 18.0 Å². The molecule has 0 fully saturated rings. The van der Waals surface area contributed by atoms with Gasteiger partial charge in [0.15, 0.2) is 0 Å². The van der Waals surface area contributed by atoms with Crippen LogP contribution in [0.3, 0.4) is 0 Å². The highest BCUT2D eigenvalue weighted by molar-refractivity contribution is 7.89. The number of sulfonamides is 1. The molecule has 0 radical (unpaired) electrons. The van der Waals surface area contributed by atoms with Crippen LogP contribution in [0.5, 0.6) is 0 Å². The fourth-order valence-electron chi connectivity index (χ4n) is 2.76. The maximum atomic E-state index is 12.5. The molecule has 1 aromatic carbocycles. The van der Waals surface area contributed by atoms with Gasteiger partial charge in [-0.25, -0.2) is 13.1 Å². The Balaban J connectivity index is 2.00. The number of benzene rings is 1. The largest absolute Gasteiger partial charge is 0.340 e. The van der Waals surface area contributed by atoms with Gasteiger partial charge in [0.1, 0.15) is 0 Å². The van der Waals surface area contributed by atoms with Crippen molar-refractivity contribution in [3.05, 3.63) is 23.8 Å². The van der Waals surface area contributed by atoms with E-state index in [0.29, 0.717) is 25.2 Å². The van der Waals surface area contributed by atoms with E-state index in [-0.39, 0.29) is 29.7 Å². The summed E-state index contributed by atoms with van der Waals surface area (Å²) in [5.74, 6) is -0.148. The minimum absolute atomic E-state index is 0.0551. The average molecular weight is 382 g/mol. The molecule has 1 aliphatic heterocycles. The minimum Gasteiger partial charge on any atom is -0.340 e. The topological polar surface area (TPSA) is 90.0 Å². The first-order valence-electron chi connectivity index (χ1n) is 8.41. The van der Waals surface area contributed by atoms with Crippen molar-refractivity contribution in [2.45, 2.75) is 18.2 Å². The van der Waals surface area contributed by atoms with Crippen molar-refractivity contribution in [2.24, 2.45) is 0 Å². The van der Waals surface area contributed by atoms with Gasteiger partial charge in [0.25, 0.3) is 0 Å². The molecule has 0 atom stereocenters. The molecule has 1 aliphatic rings. The van der Waals surface area contributed by atoms with Crippen molar-refractivity contribution >= 4 is 27.5 Å². The molecule has 0 aliphatic carbocycles. The second-order valence-electron chi connectivity index (χ2n) is 6.63. The maximum Gasteiger partial charge on any atom is 0.240 e. The summed E-state index contributed by atoms with van der Waals surface area (Å²) < 4.78 is 27.5. The summed E-state index contributed by atoms with van der Waals surface area (Å²) in [6.45, 7) is 3.15. The molecule has 2 amide bonds. The third kappa shape index (κ3) is 4.80. The van der Waals surface area contributed by atoms with Crippen molar-refractivity contribution < 1.29 is 18.0 Å². The summed E-state index contributed by atoms with van der Waals surface area (Å²) in [6, 6.07) is 4.67. The van der Waals surface area contributed by atoms with Crippen LogP contribution in [-0.4, -0.2) is 77.4 Å². The number of fused-ring (bicyclic) bond motifs is 1. The Morgan fingerprint density at radius 1 is 1.23 bits per heavy atom. The minimum atomic E-state index is -3.70. The molecule has 9 heteroatoms. The Labute approximate surface area is 154 Å². The molecule has 1 aromatic rings. The molecule has 0 saturated heterocycles. The number of nitrogens with one attached hydrogen (secondary N) is 1. The fraction of sp³-hybridized carbons (Fsp3) is 0.529. The normalized spacial score (nSPS) is 14.0. The SMILES string of the molecule is CC(=O)N(CCNS(=O)(=O)c1ccc2c(c1)CC(=O)N2C)CCN(C)C. The van der Waals surface area contributed by atoms with Crippen LogP contribution >= 0.6 is 0 Å². The summed E-state index contributed by atoms with van der Waals surface area (Å²) in [6.07, 6.45) is 0.206. The maximum absolute atomic E-state index is 12.5. The highest BCUT2D eigenvalue weighted by Gasteiger charge is 2.26. The first-order chi connectivity index (χ1) is 12.1. The van der Waals surface area contributed by atoms with Gasteiger partial charge in [-0.15, -0.1) is 0 Å². The van der Waals surface area contributed by atoms with Gasteiger partial charge in [0, 0.05) is 45.8 Å². The van der Waals surface area contributed by atoms with Gasteiger partial charge >= 0.3 is 0 Å². The van der Waals surface area contributed by atoms with Gasteiger partial charge in [0.05, 0.1) is 11.3 Å². The highest BCUT2D eigenvalue weighted by atomic mass is 32.2. The van der Waals surface area contributed by atoms with E-state index >= 15 is 0 Å². The molecular formula is C17H26N4O4S. The zero-order valence-corrected chi connectivity index (χ0v) is 16.5. The highest BCUT2D eigenvalue weighted by Crippen LogP contribution is 2.29. The van der Waals surface area contributed by atoms with Gasteiger partial charge in [-0.05, 0) is 37.9 Å². The van der Waals surface area contributed by atoms with E-state index in [1.807, 2.05) is 19.0 Å². The lowest BCUT2D eigenvalue weighted by Gasteiger charge is -2.23. The predicted molar refractivity (Wildman–Crippen MR) is 99.6 cm³/mol. The summed E-state index contributed by atoms with van der Waals surface area (Å²) in [5, 5.41) is 0. The predicted octanol–water partition coefficient (Wildman–Crippen LogP) is -0.106. The number of anilines is 1. The van der Waals surface area contributed by atoms with Crippen LogP contribution in [0.1, 0.15) is 12.5 Å². The van der Waals surface area contributed by atoms with Crippen LogP contribution in [0, 0.1) is 0 Å². The van der Waals surface area contributed by atoms with E-state index in [4.69, 9.17) is 0 Å². The first kappa shape index (κ1) is 20.3. The lowest BCUT2D eigenvalue weighted by molar-refractivity contribution is -0.129. The third-order valence-electron chi connectivity index (χ3n) is 4.37. The van der Waals surface area contributed by atoms with Gasteiger partial charge in [-0.2, -0.15) is 0 Å². The number of carbonyl (C=O) groups is 2. The van der Waals surface area contributed by atoms with E-state index in [2.05, 4.69) is 4.72 Å². The Kier molecular flexibility index (Phi) is 6.38. The van der Waals surface area contributed by atoms with Crippen molar-refractivity contribution in [1.82, 2.24) is 14.5 Å². The molecule has 0 spiro atoms. The summed E-state index contributed by atoms with van der Waals surface area (Å²) in [4.78, 5) is 28.6. The zero-order valence-electron chi connectivity index (χ0n) is 15.7. The number of hydrogen-bond donors (Lipinski definition) is 1. The Morgan fingerprint density at radius 3 is 2.54 bits per heavy atom. The van der Waals surface area contributed by atoms with Crippen LogP contribution in [0.2, 0.25) is 0 Å². The second kappa shape index (κ2) is 8.15. The monoisotopic (exact) mass is 382 g/mol. The number of nitrogens with zero attached hydrogens (tertiary/aromatic N) is 3. The average Bonchev–Trinajstić information content (AvgIpc) is 2.84. The standard InChI is InChI=1S/C17H26N4O4S/c1-13(22)21(10-9-19(2)3)8-7-18-26(24,25)15-5-6-16-14(11-15)12-17(23)20(16)4/h5-6,11,18H,7-10,12H2,1-4H3. The molecule has 1 heterocycles. The van der Waals surface area contributed by atoms with E-state index in [9.17, 15) is 18.0 Å². The number of amides is 2. The van der Waals surface area contributed by atoms with Gasteiger partial charge in [-0.1, -0.05) is 0 Å². The van der Waals surface area contributed by atoms with Crippen LogP contribution in [0.25, 0.3) is 0 Å². The Bertz CT molecular complexity index is 792. The number of carbonyl (C=O) groups excluding carboxylic acids is 2. The molecule has 0 saturated carbocycles. The Hall–Kier alpha value is -1.97. The van der Waals surface area contributed by atoms with E-state index in [0.717, 1.165) is 5.69 Å². The van der Waals surface area contributed by atoms with Crippen molar-refractivity contribution in [3.63, 3.8) is 0 Å². The summed E-state index contributed by atoms with van der Waals surface area (Å²) in [5.41, 5.74) is 1.44. The fourth-order valence-corrected chi connectivity index (χ4v) is 3.83. The molecule has 144 valence electrons. The second-order valence-corrected chi connectivity index (χ2v) is 8.39. The van der Waals surface area contributed by atoms with Crippen LogP contribution in [0.4, 0.5) is 5.69 Å². The molecule has 0 aromatic heterocycles. The molecule has 8 nitrogen and oxygen atoms in total. The quantitative estimate of drug-likeness (QED) is 0.678. The lowest BCUT2D eigenvalue weighted by Crippen LogP contribution is -2.40. The molecule has 2 rings (SSSR count). The summed E-state index contributed by atoms with van der Waals surface area (Å²) in [7, 11) is 1.80. The third-order valence-corrected chi connectivity index (χ3v) is 5.83. The lowest BCUT2D eigenvalue weighted by atomic mass is 10.2. The number of hydrogen-bond acceptors (Lipinski definition) is 5. The first-order valence-corrected chi connectivity index (χ1v) is 9.89. The van der Waals surface area contributed by atoms with Crippen LogP contribution < -0.4 is 9.62 Å². The van der Waals surface area contributed by atoms with Gasteiger partial charge < -0.3 is 14.7 Å². The van der Waals surface area contributed by atoms with Crippen LogP contribution in [-0.2, 0) is 26.0 Å². The van der Waals surface area contributed by atoms with Crippen molar-refractivity contribution in [1.29, 1.82) is 0 Å². The molecular weight excluding hydrogens is 356 g/mol. The van der Waals surface area contributed by atoms with E-state index in [1.165, 1.54) is 24.0 Å².